The van der Waals surface area contributed by atoms with Crippen molar-refractivity contribution >= 4 is 46.3 Å². The third-order valence-corrected chi connectivity index (χ3v) is 5.47. The quantitative estimate of drug-likeness (QED) is 0.321. The van der Waals surface area contributed by atoms with Crippen LogP contribution in [0.1, 0.15) is 24.1 Å². The first kappa shape index (κ1) is 22.2. The van der Waals surface area contributed by atoms with Gasteiger partial charge in [0.1, 0.15) is 11.6 Å². The van der Waals surface area contributed by atoms with Gasteiger partial charge >= 0.3 is 0 Å². The minimum atomic E-state index is -0.993. The van der Waals surface area contributed by atoms with Gasteiger partial charge in [-0.1, -0.05) is 23.7 Å². The minimum Gasteiger partial charge on any atom is -0.507 e. The highest BCUT2D eigenvalue weighted by atomic mass is 35.5. The molecule has 1 fully saturated rings. The SMILES string of the molecule is CC(=O)Nc1ccc(N2C(=O)C(=O)/C(=C(/O)c3ccc(Cl)cc3)[C@@H]2c2ccc(F)cc2)cc1. The number of ketones is 1. The van der Waals surface area contributed by atoms with Crippen LogP contribution in [0.2, 0.25) is 5.02 Å². The van der Waals surface area contributed by atoms with E-state index in [9.17, 15) is 23.9 Å². The number of rotatable bonds is 4. The van der Waals surface area contributed by atoms with Gasteiger partial charge < -0.3 is 10.4 Å². The molecular formula is C25H18ClFN2O4. The molecule has 3 aromatic carbocycles. The molecule has 0 spiro atoms. The van der Waals surface area contributed by atoms with Gasteiger partial charge in [0.05, 0.1) is 11.6 Å². The van der Waals surface area contributed by atoms with Crippen molar-refractivity contribution in [1.82, 2.24) is 0 Å². The summed E-state index contributed by atoms with van der Waals surface area (Å²) in [6.07, 6.45) is 0. The van der Waals surface area contributed by atoms with Crippen LogP contribution in [0.3, 0.4) is 0 Å². The fourth-order valence-corrected chi connectivity index (χ4v) is 3.86. The first-order valence-corrected chi connectivity index (χ1v) is 10.3. The number of Topliss-reactive ketones (excluding diaryl/α,β-unsaturated/α-hetero) is 1. The van der Waals surface area contributed by atoms with Crippen LogP contribution in [-0.2, 0) is 14.4 Å². The van der Waals surface area contributed by atoms with Crippen LogP contribution < -0.4 is 10.2 Å². The zero-order valence-electron chi connectivity index (χ0n) is 17.4. The summed E-state index contributed by atoms with van der Waals surface area (Å²) in [6.45, 7) is 1.37. The molecule has 166 valence electrons. The highest BCUT2D eigenvalue weighted by molar-refractivity contribution is 6.51. The van der Waals surface area contributed by atoms with E-state index in [4.69, 9.17) is 11.6 Å². The molecule has 1 saturated heterocycles. The average Bonchev–Trinajstić information content (AvgIpc) is 3.05. The van der Waals surface area contributed by atoms with Crippen molar-refractivity contribution in [3.8, 4) is 0 Å². The van der Waals surface area contributed by atoms with Gasteiger partial charge in [0, 0.05) is 28.9 Å². The summed E-state index contributed by atoms with van der Waals surface area (Å²) >= 11 is 5.93. The second-order valence-corrected chi connectivity index (χ2v) is 7.89. The Hall–Kier alpha value is -3.97. The van der Waals surface area contributed by atoms with Crippen LogP contribution in [0, 0.1) is 5.82 Å². The smallest absolute Gasteiger partial charge is 0.300 e. The van der Waals surface area contributed by atoms with Gasteiger partial charge in [-0.05, 0) is 66.2 Å². The standard InChI is InChI=1S/C25H18ClFN2O4/c1-14(30)28-19-10-12-20(13-11-19)29-22(15-4-8-18(27)9-5-15)21(24(32)25(29)33)23(31)16-2-6-17(26)7-3-16/h2-13,22,31H,1H3,(H,28,30)/b23-21+/t22-/m0/s1. The zero-order valence-corrected chi connectivity index (χ0v) is 18.1. The van der Waals surface area contributed by atoms with E-state index in [-0.39, 0.29) is 17.2 Å². The van der Waals surface area contributed by atoms with Crippen LogP contribution in [-0.4, -0.2) is 22.7 Å². The lowest BCUT2D eigenvalue weighted by molar-refractivity contribution is -0.132. The lowest BCUT2D eigenvalue weighted by Gasteiger charge is -2.25. The first-order chi connectivity index (χ1) is 15.8. The summed E-state index contributed by atoms with van der Waals surface area (Å²) in [4.78, 5) is 38.7. The van der Waals surface area contributed by atoms with Crippen molar-refractivity contribution in [3.05, 3.63) is 100 Å². The molecule has 1 heterocycles. The van der Waals surface area contributed by atoms with Crippen LogP contribution in [0.25, 0.3) is 5.76 Å². The lowest BCUT2D eigenvalue weighted by atomic mass is 9.95. The van der Waals surface area contributed by atoms with E-state index >= 15 is 0 Å². The highest BCUT2D eigenvalue weighted by Gasteiger charge is 2.46. The zero-order chi connectivity index (χ0) is 23.7. The Balaban J connectivity index is 1.87. The molecule has 2 N–H and O–H groups in total. The number of hydrogen-bond donors (Lipinski definition) is 2. The average molecular weight is 465 g/mol. The third-order valence-electron chi connectivity index (χ3n) is 5.21. The van der Waals surface area contributed by atoms with Gasteiger partial charge in [-0.2, -0.15) is 0 Å². The predicted octanol–water partition coefficient (Wildman–Crippen LogP) is 5.06. The Labute approximate surface area is 193 Å². The topological polar surface area (TPSA) is 86.7 Å². The monoisotopic (exact) mass is 464 g/mol. The number of benzene rings is 3. The second-order valence-electron chi connectivity index (χ2n) is 7.46. The van der Waals surface area contributed by atoms with Crippen molar-refractivity contribution in [3.63, 3.8) is 0 Å². The van der Waals surface area contributed by atoms with Crippen molar-refractivity contribution in [1.29, 1.82) is 0 Å². The minimum absolute atomic E-state index is 0.125. The van der Waals surface area contributed by atoms with Crippen molar-refractivity contribution in [2.75, 3.05) is 10.2 Å². The second kappa shape index (κ2) is 8.88. The molecule has 0 aliphatic carbocycles. The summed E-state index contributed by atoms with van der Waals surface area (Å²) in [5, 5.41) is 14.1. The van der Waals surface area contributed by atoms with Gasteiger partial charge in [0.15, 0.2) is 0 Å². The fraction of sp³-hybridized carbons (Fsp3) is 0.0800. The lowest BCUT2D eigenvalue weighted by Crippen LogP contribution is -2.29. The molecule has 1 aliphatic rings. The molecular weight excluding hydrogens is 447 g/mol. The van der Waals surface area contributed by atoms with Crippen molar-refractivity contribution in [2.24, 2.45) is 0 Å². The molecule has 4 rings (SSSR count). The van der Waals surface area contributed by atoms with E-state index in [0.717, 1.165) is 0 Å². The molecule has 0 saturated carbocycles. The summed E-state index contributed by atoms with van der Waals surface area (Å²) in [5.74, 6) is -2.81. The number of anilines is 2. The predicted molar refractivity (Wildman–Crippen MR) is 123 cm³/mol. The Morgan fingerprint density at radius 1 is 0.970 bits per heavy atom. The molecule has 0 aromatic heterocycles. The van der Waals surface area contributed by atoms with E-state index in [1.807, 2.05) is 0 Å². The number of hydrogen-bond acceptors (Lipinski definition) is 4. The van der Waals surface area contributed by atoms with Gasteiger partial charge in [-0.25, -0.2) is 4.39 Å². The number of aliphatic hydroxyl groups is 1. The summed E-state index contributed by atoms with van der Waals surface area (Å²) in [5.41, 5.74) is 1.51. The molecule has 0 radical (unpaired) electrons. The molecule has 0 unspecified atom stereocenters. The molecule has 2 amide bonds. The third kappa shape index (κ3) is 4.36. The molecule has 0 bridgehead atoms. The fourth-order valence-electron chi connectivity index (χ4n) is 3.73. The maximum absolute atomic E-state index is 13.6. The maximum Gasteiger partial charge on any atom is 0.300 e. The normalized spacial score (nSPS) is 17.3. The molecule has 1 atom stereocenters. The summed E-state index contributed by atoms with van der Waals surface area (Å²) in [6, 6.07) is 16.9. The number of halogens is 2. The number of aliphatic hydroxyl groups excluding tert-OH is 1. The molecule has 8 heteroatoms. The van der Waals surface area contributed by atoms with Crippen LogP contribution >= 0.6 is 11.6 Å². The largest absolute Gasteiger partial charge is 0.507 e. The van der Waals surface area contributed by atoms with E-state index in [2.05, 4.69) is 5.32 Å². The van der Waals surface area contributed by atoms with Crippen LogP contribution in [0.4, 0.5) is 15.8 Å². The summed E-state index contributed by atoms with van der Waals surface area (Å²) < 4.78 is 13.6. The van der Waals surface area contributed by atoms with Crippen LogP contribution in [0.5, 0.6) is 0 Å². The Morgan fingerprint density at radius 2 is 1.58 bits per heavy atom. The number of amides is 2. The Kier molecular flexibility index (Phi) is 5.98. The van der Waals surface area contributed by atoms with Gasteiger partial charge in [0.25, 0.3) is 11.7 Å². The molecule has 6 nitrogen and oxygen atoms in total. The van der Waals surface area contributed by atoms with Gasteiger partial charge in [-0.15, -0.1) is 0 Å². The molecule has 33 heavy (non-hydrogen) atoms. The first-order valence-electron chi connectivity index (χ1n) is 9.96. The molecule has 3 aromatic rings. The maximum atomic E-state index is 13.6. The molecule has 1 aliphatic heterocycles. The number of carbonyl (C=O) groups excluding carboxylic acids is 3. The highest BCUT2D eigenvalue weighted by Crippen LogP contribution is 2.42. The summed E-state index contributed by atoms with van der Waals surface area (Å²) in [7, 11) is 0. The van der Waals surface area contributed by atoms with E-state index in [1.54, 1.807) is 36.4 Å². The van der Waals surface area contributed by atoms with E-state index in [0.29, 0.717) is 27.5 Å². The van der Waals surface area contributed by atoms with Crippen LogP contribution in [0.15, 0.2) is 78.4 Å². The Morgan fingerprint density at radius 3 is 2.15 bits per heavy atom. The van der Waals surface area contributed by atoms with E-state index < -0.39 is 23.5 Å². The van der Waals surface area contributed by atoms with Gasteiger partial charge in [0.2, 0.25) is 5.91 Å². The van der Waals surface area contributed by atoms with E-state index in [1.165, 1.54) is 48.2 Å². The van der Waals surface area contributed by atoms with Gasteiger partial charge in [-0.3, -0.25) is 19.3 Å². The number of nitrogens with zero attached hydrogens (tertiary/aromatic N) is 1. The van der Waals surface area contributed by atoms with Crippen molar-refractivity contribution < 1.29 is 23.9 Å². The van der Waals surface area contributed by atoms with Crippen molar-refractivity contribution in [2.45, 2.75) is 13.0 Å². The Bertz CT molecular complexity index is 1270. The number of nitrogens with one attached hydrogen (secondary N) is 1. The number of carbonyl (C=O) groups is 3.